The van der Waals surface area contributed by atoms with Gasteiger partial charge in [0.2, 0.25) is 5.91 Å². The summed E-state index contributed by atoms with van der Waals surface area (Å²) in [6.07, 6.45) is 94.4. The van der Waals surface area contributed by atoms with Gasteiger partial charge in [0, 0.05) is 12.8 Å². The zero-order chi connectivity index (χ0) is 61.3. The summed E-state index contributed by atoms with van der Waals surface area (Å²) >= 11 is 0. The van der Waals surface area contributed by atoms with E-state index >= 15 is 0 Å². The number of ether oxygens (including phenoxy) is 1. The Labute approximate surface area is 533 Å². The second-order valence-electron chi connectivity index (χ2n) is 27.4. The van der Waals surface area contributed by atoms with Crippen molar-refractivity contribution in [1.29, 1.82) is 0 Å². The predicted octanol–water partition coefficient (Wildman–Crippen LogP) is 25.9. The molecule has 0 radical (unpaired) electrons. The summed E-state index contributed by atoms with van der Waals surface area (Å²) in [5.74, 6) is -0.0133. The zero-order valence-electron chi connectivity index (χ0n) is 58.1. The Morgan fingerprint density at radius 3 is 0.835 bits per heavy atom. The van der Waals surface area contributed by atoms with Gasteiger partial charge in [-0.1, -0.05) is 405 Å². The van der Waals surface area contributed by atoms with Crippen molar-refractivity contribution in [2.75, 3.05) is 13.2 Å². The van der Waals surface area contributed by atoms with Gasteiger partial charge in [-0.15, -0.1) is 0 Å². The van der Waals surface area contributed by atoms with Gasteiger partial charge in [-0.05, 0) is 51.4 Å². The molecule has 0 aromatic heterocycles. The van der Waals surface area contributed by atoms with E-state index < -0.39 is 12.1 Å². The van der Waals surface area contributed by atoms with Gasteiger partial charge in [0.25, 0.3) is 0 Å². The Morgan fingerprint density at radius 2 is 0.553 bits per heavy atom. The van der Waals surface area contributed by atoms with E-state index in [-0.39, 0.29) is 18.5 Å². The highest BCUT2D eigenvalue weighted by Crippen LogP contribution is 2.20. The first-order chi connectivity index (χ1) is 42.0. The highest BCUT2D eigenvalue weighted by molar-refractivity contribution is 5.76. The predicted molar refractivity (Wildman–Crippen MR) is 375 cm³/mol. The Balaban J connectivity index is 3.34. The maximum absolute atomic E-state index is 12.6. The van der Waals surface area contributed by atoms with Crippen LogP contribution in [0.3, 0.4) is 0 Å². The van der Waals surface area contributed by atoms with Crippen molar-refractivity contribution in [1.82, 2.24) is 5.32 Å². The number of aliphatic hydroxyl groups is 2. The fraction of sp³-hybridized carbons (Fsp3) is 0.949. The first-order valence-electron chi connectivity index (χ1n) is 39.4. The van der Waals surface area contributed by atoms with Crippen LogP contribution in [0.25, 0.3) is 0 Å². The molecule has 1 amide bonds. The largest absolute Gasteiger partial charge is 0.466 e. The molecular formula is C79H155NO5. The highest BCUT2D eigenvalue weighted by Gasteiger charge is 2.20. The lowest BCUT2D eigenvalue weighted by Gasteiger charge is -2.22. The number of nitrogens with one attached hydrogen (secondary N) is 1. The third-order valence-corrected chi connectivity index (χ3v) is 18.8. The number of carbonyl (C=O) groups is 2. The van der Waals surface area contributed by atoms with Crippen LogP contribution in [0.2, 0.25) is 0 Å². The SMILES string of the molecule is CCCCCCCC/C=C\CCCCCCCC(=O)OCCCCCCCCCCCCCCCCCCCCCCCCCCCCCCC(=O)NC(CO)C(O)CCCCCCCCCCCCCCCCCCCCCCCCCCC. The minimum Gasteiger partial charge on any atom is -0.466 e. The lowest BCUT2D eigenvalue weighted by atomic mass is 10.0. The number of aliphatic hydroxyl groups excluding tert-OH is 2. The van der Waals surface area contributed by atoms with Crippen LogP contribution in [-0.4, -0.2) is 47.4 Å². The van der Waals surface area contributed by atoms with Crippen LogP contribution >= 0.6 is 0 Å². The van der Waals surface area contributed by atoms with E-state index in [4.69, 9.17) is 4.74 Å². The van der Waals surface area contributed by atoms with Gasteiger partial charge in [-0.3, -0.25) is 9.59 Å². The number of amides is 1. The van der Waals surface area contributed by atoms with Gasteiger partial charge in [0.05, 0.1) is 25.4 Å². The number of carbonyl (C=O) groups excluding carboxylic acids is 2. The zero-order valence-corrected chi connectivity index (χ0v) is 58.1. The quantitative estimate of drug-likeness (QED) is 0.0320. The van der Waals surface area contributed by atoms with Crippen molar-refractivity contribution in [2.45, 2.75) is 469 Å². The summed E-state index contributed by atoms with van der Waals surface area (Å²) < 4.78 is 5.50. The number of hydrogen-bond donors (Lipinski definition) is 3. The Hall–Kier alpha value is -1.40. The van der Waals surface area contributed by atoms with Gasteiger partial charge < -0.3 is 20.3 Å². The topological polar surface area (TPSA) is 95.9 Å². The molecule has 0 rings (SSSR count). The molecular weight excluding hydrogens is 1040 g/mol. The standard InChI is InChI=1S/C79H155NO5/c1-3-5-7-9-11-13-15-17-19-20-21-22-23-28-31-34-37-40-44-47-51-55-59-63-67-71-77(82)76(75-81)80-78(83)72-68-64-60-56-52-48-45-41-38-35-32-29-26-24-25-27-30-33-36-39-42-46-50-54-58-62-66-70-74-85-79(84)73-69-65-61-57-53-49-43-18-16-14-12-10-8-6-4-2/h18,43,76-77,81-82H,3-17,19-42,44-75H2,1-2H3,(H,80,83)/b43-18-. The second kappa shape index (κ2) is 75.1. The average Bonchev–Trinajstić information content (AvgIpc) is 3.51. The first kappa shape index (κ1) is 83.6. The van der Waals surface area contributed by atoms with E-state index in [1.807, 2.05) is 0 Å². The van der Waals surface area contributed by atoms with Crippen molar-refractivity contribution >= 4 is 11.9 Å². The van der Waals surface area contributed by atoms with Crippen LogP contribution in [0.5, 0.6) is 0 Å². The lowest BCUT2D eigenvalue weighted by Crippen LogP contribution is -2.45. The first-order valence-corrected chi connectivity index (χ1v) is 39.4. The van der Waals surface area contributed by atoms with E-state index in [2.05, 4.69) is 31.3 Å². The molecule has 0 aromatic carbocycles. The molecule has 0 aromatic rings. The van der Waals surface area contributed by atoms with Crippen LogP contribution < -0.4 is 5.32 Å². The van der Waals surface area contributed by atoms with Crippen LogP contribution in [-0.2, 0) is 14.3 Å². The van der Waals surface area contributed by atoms with Gasteiger partial charge >= 0.3 is 5.97 Å². The summed E-state index contributed by atoms with van der Waals surface area (Å²) in [5.41, 5.74) is 0. The summed E-state index contributed by atoms with van der Waals surface area (Å²) in [6, 6.07) is -0.540. The van der Waals surface area contributed by atoms with Crippen LogP contribution in [0.4, 0.5) is 0 Å². The molecule has 0 aliphatic rings. The van der Waals surface area contributed by atoms with Gasteiger partial charge in [0.1, 0.15) is 0 Å². The molecule has 0 bridgehead atoms. The van der Waals surface area contributed by atoms with Crippen molar-refractivity contribution < 1.29 is 24.5 Å². The molecule has 0 aliphatic heterocycles. The molecule has 0 aliphatic carbocycles. The molecule has 85 heavy (non-hydrogen) atoms. The van der Waals surface area contributed by atoms with Crippen LogP contribution in [0.1, 0.15) is 457 Å². The molecule has 0 fully saturated rings. The third-order valence-electron chi connectivity index (χ3n) is 18.8. The van der Waals surface area contributed by atoms with E-state index in [1.54, 1.807) is 0 Å². The average molecular weight is 1200 g/mol. The molecule has 0 spiro atoms. The van der Waals surface area contributed by atoms with Crippen molar-refractivity contribution in [3.05, 3.63) is 12.2 Å². The molecule has 3 N–H and O–H groups in total. The molecule has 6 nitrogen and oxygen atoms in total. The Kier molecular flexibility index (Phi) is 73.8. The minimum atomic E-state index is -0.663. The van der Waals surface area contributed by atoms with Crippen LogP contribution in [0, 0.1) is 0 Å². The van der Waals surface area contributed by atoms with E-state index in [1.165, 1.54) is 379 Å². The smallest absolute Gasteiger partial charge is 0.305 e. The second-order valence-corrected chi connectivity index (χ2v) is 27.4. The molecule has 2 unspecified atom stereocenters. The van der Waals surface area contributed by atoms with Gasteiger partial charge in [-0.2, -0.15) is 0 Å². The molecule has 0 saturated carbocycles. The van der Waals surface area contributed by atoms with E-state index in [0.717, 1.165) is 44.9 Å². The summed E-state index contributed by atoms with van der Waals surface area (Å²) in [5, 5.41) is 23.5. The fourth-order valence-electron chi connectivity index (χ4n) is 12.8. The monoisotopic (exact) mass is 1200 g/mol. The third kappa shape index (κ3) is 71.6. The summed E-state index contributed by atoms with van der Waals surface area (Å²) in [7, 11) is 0. The number of unbranched alkanes of at least 4 members (excludes halogenated alkanes) is 62. The fourth-order valence-corrected chi connectivity index (χ4v) is 12.8. The minimum absolute atomic E-state index is 0.0123. The molecule has 0 heterocycles. The molecule has 0 saturated heterocycles. The van der Waals surface area contributed by atoms with Gasteiger partial charge in [0.15, 0.2) is 0 Å². The summed E-state index contributed by atoms with van der Waals surface area (Å²) in [6.45, 7) is 5.00. The lowest BCUT2D eigenvalue weighted by molar-refractivity contribution is -0.143. The number of rotatable bonds is 75. The van der Waals surface area contributed by atoms with Crippen molar-refractivity contribution in [3.63, 3.8) is 0 Å². The number of hydrogen-bond acceptors (Lipinski definition) is 5. The maximum atomic E-state index is 12.6. The normalized spacial score (nSPS) is 12.5. The number of esters is 1. The van der Waals surface area contributed by atoms with Crippen LogP contribution in [0.15, 0.2) is 12.2 Å². The van der Waals surface area contributed by atoms with E-state index in [0.29, 0.717) is 25.9 Å². The van der Waals surface area contributed by atoms with Crippen molar-refractivity contribution in [3.8, 4) is 0 Å². The van der Waals surface area contributed by atoms with E-state index in [9.17, 15) is 19.8 Å². The van der Waals surface area contributed by atoms with Crippen molar-refractivity contribution in [2.24, 2.45) is 0 Å². The van der Waals surface area contributed by atoms with Gasteiger partial charge in [-0.25, -0.2) is 0 Å². The highest BCUT2D eigenvalue weighted by atomic mass is 16.5. The summed E-state index contributed by atoms with van der Waals surface area (Å²) in [4.78, 5) is 24.7. The number of allylic oxidation sites excluding steroid dienone is 2. The Morgan fingerprint density at radius 1 is 0.318 bits per heavy atom. The maximum Gasteiger partial charge on any atom is 0.305 e. The molecule has 506 valence electrons. The molecule has 2 atom stereocenters. The molecule has 6 heteroatoms. The Bertz CT molecular complexity index is 1290.